The Labute approximate surface area is 94.5 Å². The van der Waals surface area contributed by atoms with Gasteiger partial charge in [0.25, 0.3) is 0 Å². The van der Waals surface area contributed by atoms with Gasteiger partial charge in [-0.05, 0) is 26.0 Å². The van der Waals surface area contributed by atoms with E-state index in [2.05, 4.69) is 0 Å². The molecule has 0 spiro atoms. The molecule has 1 rings (SSSR count). The third-order valence-corrected chi connectivity index (χ3v) is 3.20. The lowest BCUT2D eigenvalue weighted by Crippen LogP contribution is -2.21. The first kappa shape index (κ1) is 12.8. The molecule has 0 bridgehead atoms. The molecule has 6 heteroatoms. The van der Waals surface area contributed by atoms with Gasteiger partial charge in [-0.3, -0.25) is 0 Å². The van der Waals surface area contributed by atoms with Crippen LogP contribution in [0.1, 0.15) is 13.8 Å². The van der Waals surface area contributed by atoms with Crippen molar-refractivity contribution < 1.29 is 17.4 Å². The van der Waals surface area contributed by atoms with Crippen LogP contribution in [0.15, 0.2) is 23.1 Å². The zero-order valence-electron chi connectivity index (χ0n) is 9.14. The monoisotopic (exact) mass is 247 g/mol. The van der Waals surface area contributed by atoms with Gasteiger partial charge in [0.05, 0.1) is 0 Å². The molecule has 0 saturated heterocycles. The van der Waals surface area contributed by atoms with E-state index in [-0.39, 0.29) is 0 Å². The lowest BCUT2D eigenvalue weighted by molar-refractivity contribution is 0.455. The normalized spacial score (nSPS) is 11.4. The molecule has 90 valence electrons. The number of hydrogen-bond acceptors (Lipinski definition) is 4. The number of benzene rings is 1. The highest BCUT2D eigenvalue weighted by atomic mass is 32.3. The zero-order valence-corrected chi connectivity index (χ0v) is 9.96. The highest BCUT2D eigenvalue weighted by Gasteiger charge is 2.18. The first-order chi connectivity index (χ1) is 7.40. The van der Waals surface area contributed by atoms with E-state index in [1.54, 1.807) is 0 Å². The number of aromatic hydroxyl groups is 1. The van der Waals surface area contributed by atoms with Crippen molar-refractivity contribution >= 4 is 15.9 Å². The van der Waals surface area contributed by atoms with Crippen molar-refractivity contribution in [2.45, 2.75) is 18.7 Å². The number of phenolic OH excluding ortho intramolecular Hbond substituents is 1. The van der Waals surface area contributed by atoms with Gasteiger partial charge in [-0.1, -0.05) is 0 Å². The number of rotatable bonds is 4. The Morgan fingerprint density at radius 2 is 1.88 bits per heavy atom. The predicted molar refractivity (Wildman–Crippen MR) is 60.0 cm³/mol. The average Bonchev–Trinajstić information content (AvgIpc) is 2.17. The fraction of sp³-hybridized carbons (Fsp3) is 0.400. The maximum Gasteiger partial charge on any atom is 0.335 e. The predicted octanol–water partition coefficient (Wildman–Crippen LogP) is 1.90. The summed E-state index contributed by atoms with van der Waals surface area (Å²) < 4.78 is 33.9. The van der Waals surface area contributed by atoms with E-state index in [1.807, 2.05) is 18.7 Å². The van der Waals surface area contributed by atoms with E-state index in [4.69, 9.17) is 0 Å². The van der Waals surface area contributed by atoms with E-state index in [0.717, 1.165) is 19.2 Å². The van der Waals surface area contributed by atoms with Crippen molar-refractivity contribution in [2.24, 2.45) is 0 Å². The van der Waals surface area contributed by atoms with Crippen LogP contribution < -0.4 is 4.90 Å². The van der Waals surface area contributed by atoms with Crippen molar-refractivity contribution in [2.75, 3.05) is 18.0 Å². The smallest absolute Gasteiger partial charge is 0.335 e. The van der Waals surface area contributed by atoms with E-state index < -0.39 is 20.9 Å². The minimum atomic E-state index is -4.86. The number of halogens is 1. The average molecular weight is 247 g/mol. The maximum absolute atomic E-state index is 12.7. The highest BCUT2D eigenvalue weighted by molar-refractivity contribution is 7.86. The van der Waals surface area contributed by atoms with Gasteiger partial charge in [0.2, 0.25) is 0 Å². The molecule has 0 unspecified atom stereocenters. The van der Waals surface area contributed by atoms with Crippen molar-refractivity contribution in [3.63, 3.8) is 0 Å². The molecule has 1 N–H and O–H groups in total. The molecule has 0 aliphatic heterocycles. The van der Waals surface area contributed by atoms with Gasteiger partial charge < -0.3 is 10.0 Å². The summed E-state index contributed by atoms with van der Waals surface area (Å²) >= 11 is 0. The Morgan fingerprint density at radius 1 is 1.31 bits per heavy atom. The summed E-state index contributed by atoms with van der Waals surface area (Å²) in [6, 6.07) is 3.79. The molecule has 0 aliphatic rings. The molecule has 0 atom stereocenters. The molecule has 0 aromatic heterocycles. The van der Waals surface area contributed by atoms with Gasteiger partial charge in [-0.15, -0.1) is 3.89 Å². The number of anilines is 1. The second kappa shape index (κ2) is 4.69. The van der Waals surface area contributed by atoms with Crippen LogP contribution in [0.25, 0.3) is 0 Å². The summed E-state index contributed by atoms with van der Waals surface area (Å²) in [7, 11) is -4.86. The van der Waals surface area contributed by atoms with Crippen molar-refractivity contribution in [3.8, 4) is 5.75 Å². The minimum Gasteiger partial charge on any atom is -0.506 e. The van der Waals surface area contributed by atoms with Crippen molar-refractivity contribution in [3.05, 3.63) is 18.2 Å². The summed E-state index contributed by atoms with van der Waals surface area (Å²) in [6.45, 7) is 5.30. The molecule has 0 heterocycles. The van der Waals surface area contributed by atoms with Gasteiger partial charge in [0.15, 0.2) is 0 Å². The van der Waals surface area contributed by atoms with Gasteiger partial charge >= 0.3 is 10.2 Å². The number of phenols is 1. The van der Waals surface area contributed by atoms with Gasteiger partial charge in [-0.25, -0.2) is 0 Å². The summed E-state index contributed by atoms with van der Waals surface area (Å²) in [4.78, 5) is 1.22. The van der Waals surface area contributed by atoms with Crippen LogP contribution in [0.2, 0.25) is 0 Å². The molecule has 0 radical (unpaired) electrons. The Balaban J connectivity index is 3.19. The van der Waals surface area contributed by atoms with Crippen LogP contribution in [0.3, 0.4) is 0 Å². The molecule has 0 aliphatic carbocycles. The Hall–Kier alpha value is -1.30. The summed E-state index contributed by atoms with van der Waals surface area (Å²) in [5.74, 6) is -0.563. The molecule has 0 fully saturated rings. The molecule has 4 nitrogen and oxygen atoms in total. The van der Waals surface area contributed by atoms with Crippen LogP contribution >= 0.6 is 0 Å². The number of hydrogen-bond donors (Lipinski definition) is 1. The minimum absolute atomic E-state index is 0.563. The van der Waals surface area contributed by atoms with E-state index >= 15 is 0 Å². The fourth-order valence-electron chi connectivity index (χ4n) is 1.50. The van der Waals surface area contributed by atoms with Crippen LogP contribution in [0, 0.1) is 0 Å². The second-order valence-corrected chi connectivity index (χ2v) is 4.58. The molecule has 1 aromatic rings. The first-order valence-corrected chi connectivity index (χ1v) is 6.31. The van der Waals surface area contributed by atoms with Gasteiger partial charge in [-0.2, -0.15) is 8.42 Å². The topological polar surface area (TPSA) is 57.6 Å². The molecule has 0 saturated carbocycles. The quantitative estimate of drug-likeness (QED) is 0.825. The third kappa shape index (κ3) is 2.63. The molecular formula is C10H14FNO3S. The van der Waals surface area contributed by atoms with Crippen LogP contribution in [-0.2, 0) is 10.2 Å². The van der Waals surface area contributed by atoms with Crippen LogP contribution in [-0.4, -0.2) is 26.6 Å². The largest absolute Gasteiger partial charge is 0.506 e. The molecular weight excluding hydrogens is 233 g/mol. The Morgan fingerprint density at radius 3 is 2.25 bits per heavy atom. The summed E-state index contributed by atoms with van der Waals surface area (Å²) in [6.07, 6.45) is 0. The van der Waals surface area contributed by atoms with E-state index in [1.165, 1.54) is 12.1 Å². The third-order valence-electron chi connectivity index (χ3n) is 2.33. The molecule has 16 heavy (non-hydrogen) atoms. The Kier molecular flexibility index (Phi) is 3.74. The summed E-state index contributed by atoms with van der Waals surface area (Å²) in [5, 5.41) is 9.42. The second-order valence-electron chi connectivity index (χ2n) is 3.26. The highest BCUT2D eigenvalue weighted by Crippen LogP contribution is 2.29. The van der Waals surface area contributed by atoms with E-state index in [9.17, 15) is 17.4 Å². The van der Waals surface area contributed by atoms with Gasteiger partial charge in [0, 0.05) is 24.8 Å². The number of nitrogens with zero attached hydrogens (tertiary/aromatic N) is 1. The SMILES string of the molecule is CCN(CC)c1ccc(S(=O)(=O)F)c(O)c1. The maximum atomic E-state index is 12.7. The molecule has 0 amide bonds. The lowest BCUT2D eigenvalue weighted by atomic mass is 10.2. The van der Waals surface area contributed by atoms with Gasteiger partial charge in [0.1, 0.15) is 10.6 Å². The zero-order chi connectivity index (χ0) is 12.3. The van der Waals surface area contributed by atoms with Crippen LogP contribution in [0.4, 0.5) is 9.57 Å². The van der Waals surface area contributed by atoms with Crippen molar-refractivity contribution in [1.82, 2.24) is 0 Å². The fourth-order valence-corrected chi connectivity index (χ4v) is 2.04. The van der Waals surface area contributed by atoms with E-state index in [0.29, 0.717) is 5.69 Å². The molecule has 1 aromatic carbocycles. The lowest BCUT2D eigenvalue weighted by Gasteiger charge is -2.21. The standard InChI is InChI=1S/C10H14FNO3S/c1-3-12(4-2)8-5-6-10(9(13)7-8)16(11,14)15/h5-7,13H,3-4H2,1-2H3. The van der Waals surface area contributed by atoms with Crippen LogP contribution in [0.5, 0.6) is 5.75 Å². The summed E-state index contributed by atoms with van der Waals surface area (Å²) in [5.41, 5.74) is 0.662. The first-order valence-electron chi connectivity index (χ1n) is 4.92. The van der Waals surface area contributed by atoms with Crippen molar-refractivity contribution in [1.29, 1.82) is 0 Å². The Bertz CT molecular complexity index is 469.